The number of hydrogen-bond donors (Lipinski definition) is 1. The van der Waals surface area contributed by atoms with Crippen LogP contribution in [-0.4, -0.2) is 47.4 Å². The van der Waals surface area contributed by atoms with E-state index in [1.807, 2.05) is 31.2 Å². The van der Waals surface area contributed by atoms with Gasteiger partial charge >= 0.3 is 18.0 Å². The number of carbonyl (C=O) groups excluding carboxylic acids is 3. The normalized spacial score (nSPS) is 29.9. The number of rotatable bonds is 6. The van der Waals surface area contributed by atoms with Crippen LogP contribution in [0.5, 0.6) is 0 Å². The Kier molecular flexibility index (Phi) is 5.86. The summed E-state index contributed by atoms with van der Waals surface area (Å²) in [5, 5.41) is 2.81. The molecule has 184 valence electrons. The molecule has 1 amide bonds. The van der Waals surface area contributed by atoms with Gasteiger partial charge in [-0.05, 0) is 59.1 Å². The first-order valence-corrected chi connectivity index (χ1v) is 11.7. The van der Waals surface area contributed by atoms with E-state index in [1.54, 1.807) is 34.6 Å². The third kappa shape index (κ3) is 3.71. The Labute approximate surface area is 198 Å². The summed E-state index contributed by atoms with van der Waals surface area (Å²) in [6.45, 7) is 10.8. The van der Waals surface area contributed by atoms with Crippen molar-refractivity contribution in [2.45, 2.75) is 65.0 Å². The summed E-state index contributed by atoms with van der Waals surface area (Å²) in [6, 6.07) is 7.36. The lowest BCUT2D eigenvalue weighted by atomic mass is 9.79. The number of oxazole rings is 1. The van der Waals surface area contributed by atoms with Crippen molar-refractivity contribution in [3.63, 3.8) is 0 Å². The molecule has 0 aliphatic heterocycles. The number of hydrogen-bond acceptors (Lipinski definition) is 8. The fourth-order valence-electron chi connectivity index (χ4n) is 5.61. The predicted octanol–water partition coefficient (Wildman–Crippen LogP) is 3.96. The third-order valence-corrected chi connectivity index (χ3v) is 6.97. The number of aromatic nitrogens is 1. The number of benzene rings is 1. The molecule has 9 nitrogen and oxygen atoms in total. The second kappa shape index (κ2) is 8.29. The van der Waals surface area contributed by atoms with Gasteiger partial charge in [0.25, 0.3) is 0 Å². The van der Waals surface area contributed by atoms with E-state index in [1.165, 1.54) is 0 Å². The van der Waals surface area contributed by atoms with Crippen LogP contribution in [-0.2, 0) is 23.8 Å². The minimum absolute atomic E-state index is 0.120. The Morgan fingerprint density at radius 2 is 1.82 bits per heavy atom. The Bertz CT molecular complexity index is 1090. The van der Waals surface area contributed by atoms with E-state index in [2.05, 4.69) is 10.3 Å². The monoisotopic (exact) mass is 472 g/mol. The molecule has 1 heterocycles. The first kappa shape index (κ1) is 24.0. The van der Waals surface area contributed by atoms with Crippen molar-refractivity contribution in [1.82, 2.24) is 10.3 Å². The van der Waals surface area contributed by atoms with E-state index >= 15 is 0 Å². The van der Waals surface area contributed by atoms with Gasteiger partial charge in [-0.15, -0.1) is 0 Å². The Balaban J connectivity index is 1.79. The van der Waals surface area contributed by atoms with Crippen molar-refractivity contribution >= 4 is 29.1 Å². The molecule has 9 heteroatoms. The van der Waals surface area contributed by atoms with E-state index in [4.69, 9.17) is 18.6 Å². The largest absolute Gasteiger partial charge is 0.466 e. The summed E-state index contributed by atoms with van der Waals surface area (Å²) in [7, 11) is 0. The highest BCUT2D eigenvalue weighted by molar-refractivity contribution is 5.92. The molecule has 0 radical (unpaired) electrons. The van der Waals surface area contributed by atoms with Crippen molar-refractivity contribution in [3.05, 3.63) is 30.2 Å². The van der Waals surface area contributed by atoms with E-state index in [0.717, 1.165) is 0 Å². The quantitative estimate of drug-likeness (QED) is 0.496. The highest BCUT2D eigenvalue weighted by Gasteiger charge is 2.85. The smallest absolute Gasteiger partial charge is 0.408 e. The molecule has 2 fully saturated rings. The van der Waals surface area contributed by atoms with E-state index in [9.17, 15) is 14.4 Å². The lowest BCUT2D eigenvalue weighted by Crippen LogP contribution is -2.61. The molecule has 5 atom stereocenters. The van der Waals surface area contributed by atoms with Crippen molar-refractivity contribution < 1.29 is 33.0 Å². The highest BCUT2D eigenvalue weighted by Crippen LogP contribution is 2.77. The summed E-state index contributed by atoms with van der Waals surface area (Å²) < 4.78 is 22.3. The van der Waals surface area contributed by atoms with Gasteiger partial charge < -0.3 is 23.9 Å². The summed E-state index contributed by atoms with van der Waals surface area (Å²) in [5.41, 5.74) is -1.96. The Morgan fingerprint density at radius 1 is 1.15 bits per heavy atom. The molecule has 2 aliphatic rings. The van der Waals surface area contributed by atoms with Crippen molar-refractivity contribution in [2.75, 3.05) is 13.2 Å². The van der Waals surface area contributed by atoms with E-state index in [0.29, 0.717) is 17.0 Å². The van der Waals surface area contributed by atoms with Crippen LogP contribution in [0.15, 0.2) is 28.7 Å². The number of nitrogens with zero attached hydrogens (tertiary/aromatic N) is 1. The number of alkyl carbamates (subject to hydrolysis) is 1. The number of ether oxygens (including phenoxy) is 3. The zero-order valence-electron chi connectivity index (χ0n) is 20.5. The number of para-hydroxylation sites is 2. The van der Waals surface area contributed by atoms with Crippen molar-refractivity contribution in [3.8, 4) is 0 Å². The predicted molar refractivity (Wildman–Crippen MR) is 122 cm³/mol. The van der Waals surface area contributed by atoms with Gasteiger partial charge in [-0.1, -0.05) is 19.1 Å². The first-order valence-electron chi connectivity index (χ1n) is 11.7. The molecule has 4 rings (SSSR count). The average Bonchev–Trinajstić information content (AvgIpc) is 3.05. The number of carbonyl (C=O) groups is 3. The first-order chi connectivity index (χ1) is 16.0. The minimum atomic E-state index is -1.52. The minimum Gasteiger partial charge on any atom is -0.466 e. The van der Waals surface area contributed by atoms with E-state index in [-0.39, 0.29) is 25.6 Å². The molecule has 1 aromatic carbocycles. The van der Waals surface area contributed by atoms with Gasteiger partial charge in [-0.3, -0.25) is 4.79 Å². The molecule has 2 aromatic rings. The topological polar surface area (TPSA) is 117 Å². The number of fused-ring (bicyclic) bond motifs is 2. The summed E-state index contributed by atoms with van der Waals surface area (Å²) in [6.07, 6.45) is -0.595. The number of esters is 2. The van der Waals surface area contributed by atoms with Crippen LogP contribution >= 0.6 is 0 Å². The van der Waals surface area contributed by atoms with Crippen LogP contribution in [0.2, 0.25) is 0 Å². The van der Waals surface area contributed by atoms with Gasteiger partial charge in [0.1, 0.15) is 16.7 Å². The molecular weight excluding hydrogens is 440 g/mol. The molecule has 34 heavy (non-hydrogen) atoms. The molecule has 1 N–H and O–H groups in total. The van der Waals surface area contributed by atoms with Crippen LogP contribution in [0.1, 0.15) is 59.8 Å². The summed E-state index contributed by atoms with van der Waals surface area (Å²) in [5.74, 6) is -2.00. The molecule has 5 unspecified atom stereocenters. The fraction of sp³-hybridized carbons (Fsp3) is 0.600. The molecule has 0 saturated heterocycles. The Morgan fingerprint density at radius 3 is 2.44 bits per heavy atom. The average molecular weight is 473 g/mol. The van der Waals surface area contributed by atoms with Crippen molar-refractivity contribution in [2.24, 2.45) is 17.3 Å². The van der Waals surface area contributed by atoms with Gasteiger partial charge in [-0.25, -0.2) is 14.6 Å². The lowest BCUT2D eigenvalue weighted by molar-refractivity contribution is -0.156. The molecule has 0 bridgehead atoms. The number of nitrogens with one attached hydrogen (secondary N) is 1. The van der Waals surface area contributed by atoms with Crippen LogP contribution < -0.4 is 5.32 Å². The maximum absolute atomic E-state index is 13.5. The van der Waals surface area contributed by atoms with Gasteiger partial charge in [0, 0.05) is 11.3 Å². The van der Waals surface area contributed by atoms with Crippen LogP contribution in [0.3, 0.4) is 0 Å². The van der Waals surface area contributed by atoms with Crippen LogP contribution in [0.4, 0.5) is 4.79 Å². The second-order valence-corrected chi connectivity index (χ2v) is 10.1. The highest BCUT2D eigenvalue weighted by atomic mass is 16.6. The van der Waals surface area contributed by atoms with Crippen LogP contribution in [0.25, 0.3) is 11.1 Å². The summed E-state index contributed by atoms with van der Waals surface area (Å²) in [4.78, 5) is 44.0. The zero-order valence-corrected chi connectivity index (χ0v) is 20.5. The Hall–Kier alpha value is -3.10. The second-order valence-electron chi connectivity index (χ2n) is 10.1. The van der Waals surface area contributed by atoms with Crippen LogP contribution in [0, 0.1) is 17.3 Å². The zero-order chi connectivity index (χ0) is 24.9. The molecule has 2 saturated carbocycles. The third-order valence-electron chi connectivity index (χ3n) is 6.97. The standard InChI is InChI=1S/C25H32N2O7/c1-7-31-20(28)18-17-14(19-26-15-11-9-10-12-16(15)33-19)13-25(24(17,18)6,21(29)32-8-2)27-22(30)34-23(3,4)5/h9-12,14,17-18H,7-8,13H2,1-6H3,(H,27,30). The van der Waals surface area contributed by atoms with Gasteiger partial charge in [0.2, 0.25) is 0 Å². The summed E-state index contributed by atoms with van der Waals surface area (Å²) >= 11 is 0. The molecular formula is C25H32N2O7. The maximum Gasteiger partial charge on any atom is 0.408 e. The molecule has 1 aromatic heterocycles. The lowest BCUT2D eigenvalue weighted by Gasteiger charge is -2.37. The number of amides is 1. The maximum atomic E-state index is 13.5. The van der Waals surface area contributed by atoms with Gasteiger partial charge in [0.15, 0.2) is 11.5 Å². The SMILES string of the molecule is CCOC(=O)C1C2C(c3nc4ccccc4o3)CC(NC(=O)OC(C)(C)C)(C(=O)OCC)C12C. The van der Waals surface area contributed by atoms with E-state index < -0.39 is 46.4 Å². The fourth-order valence-corrected chi connectivity index (χ4v) is 5.61. The van der Waals surface area contributed by atoms with Gasteiger partial charge in [-0.2, -0.15) is 0 Å². The van der Waals surface area contributed by atoms with Gasteiger partial charge in [0.05, 0.1) is 19.1 Å². The van der Waals surface area contributed by atoms with Crippen molar-refractivity contribution in [1.29, 1.82) is 0 Å². The molecule has 0 spiro atoms. The molecule has 2 aliphatic carbocycles.